The van der Waals surface area contributed by atoms with Crippen molar-refractivity contribution in [3.05, 3.63) is 45.1 Å². The smallest absolute Gasteiger partial charge is 0.341 e. The monoisotopic (exact) mass is 345 g/mol. The quantitative estimate of drug-likeness (QED) is 0.867. The molecule has 5 nitrogen and oxygen atoms in total. The molecule has 0 atom stereocenters. The number of carboxylic acids is 1. The molecule has 1 amide bonds. The van der Waals surface area contributed by atoms with Crippen LogP contribution in [-0.4, -0.2) is 23.6 Å². The Morgan fingerprint density at radius 2 is 2.04 bits per heavy atom. The van der Waals surface area contributed by atoms with Crippen molar-refractivity contribution in [1.82, 2.24) is 0 Å². The van der Waals surface area contributed by atoms with E-state index in [0.29, 0.717) is 11.4 Å². The highest BCUT2D eigenvalue weighted by atomic mass is 32.1. The molecule has 2 aromatic rings. The fraction of sp³-hybridized carbons (Fsp3) is 0.333. The molecular formula is C18H19NO4S. The van der Waals surface area contributed by atoms with E-state index in [1.807, 2.05) is 13.0 Å². The number of amides is 1. The number of anilines is 1. The van der Waals surface area contributed by atoms with Crippen LogP contribution < -0.4 is 10.1 Å². The van der Waals surface area contributed by atoms with Crippen LogP contribution in [0.25, 0.3) is 0 Å². The fourth-order valence-corrected chi connectivity index (χ4v) is 3.95. The third-order valence-corrected chi connectivity index (χ3v) is 5.26. The van der Waals surface area contributed by atoms with E-state index in [4.69, 9.17) is 9.84 Å². The van der Waals surface area contributed by atoms with Gasteiger partial charge >= 0.3 is 5.97 Å². The van der Waals surface area contributed by atoms with E-state index in [1.165, 1.54) is 23.3 Å². The molecule has 0 spiro atoms. The Morgan fingerprint density at radius 3 is 2.75 bits per heavy atom. The van der Waals surface area contributed by atoms with Crippen LogP contribution in [0.3, 0.4) is 0 Å². The molecule has 0 bridgehead atoms. The number of thiophene rings is 1. The number of nitrogens with one attached hydrogen (secondary N) is 1. The summed E-state index contributed by atoms with van der Waals surface area (Å²) in [7, 11) is 0. The van der Waals surface area contributed by atoms with Crippen molar-refractivity contribution in [2.75, 3.05) is 11.9 Å². The SMILES string of the molecule is Cc1cc(OCC(=O)O)ccc1NC(=O)c1cc2c(s1)CCCC2. The average Bonchev–Trinajstić information content (AvgIpc) is 2.99. The largest absolute Gasteiger partial charge is 0.482 e. The second-order valence-corrected chi connectivity index (χ2v) is 7.02. The molecule has 0 saturated carbocycles. The fourth-order valence-electron chi connectivity index (χ4n) is 2.80. The van der Waals surface area contributed by atoms with E-state index in [1.54, 1.807) is 29.5 Å². The third kappa shape index (κ3) is 3.76. The minimum Gasteiger partial charge on any atom is -0.482 e. The highest BCUT2D eigenvalue weighted by Crippen LogP contribution is 2.30. The minimum absolute atomic E-state index is 0.100. The van der Waals surface area contributed by atoms with Gasteiger partial charge in [-0.25, -0.2) is 4.79 Å². The van der Waals surface area contributed by atoms with Gasteiger partial charge in [-0.3, -0.25) is 4.79 Å². The number of hydrogen-bond acceptors (Lipinski definition) is 4. The Bertz CT molecular complexity index is 758. The summed E-state index contributed by atoms with van der Waals surface area (Å²) in [5.74, 6) is -0.650. The molecule has 1 heterocycles. The highest BCUT2D eigenvalue weighted by molar-refractivity contribution is 7.14. The van der Waals surface area contributed by atoms with Crippen LogP contribution in [0.2, 0.25) is 0 Å². The Hall–Kier alpha value is -2.34. The Kier molecular flexibility index (Phi) is 4.85. The minimum atomic E-state index is -1.02. The molecule has 3 rings (SSSR count). The van der Waals surface area contributed by atoms with Crippen molar-refractivity contribution >= 4 is 28.9 Å². The molecule has 126 valence electrons. The number of carbonyl (C=O) groups excluding carboxylic acids is 1. The van der Waals surface area contributed by atoms with Crippen LogP contribution in [0.1, 0.15) is 38.5 Å². The summed E-state index contributed by atoms with van der Waals surface area (Å²) >= 11 is 1.58. The molecule has 1 aliphatic rings. The Labute approximate surface area is 144 Å². The Morgan fingerprint density at radius 1 is 1.25 bits per heavy atom. The van der Waals surface area contributed by atoms with Crippen LogP contribution in [0.15, 0.2) is 24.3 Å². The zero-order chi connectivity index (χ0) is 17.1. The summed E-state index contributed by atoms with van der Waals surface area (Å²) in [6, 6.07) is 7.12. The highest BCUT2D eigenvalue weighted by Gasteiger charge is 2.17. The maximum atomic E-state index is 12.5. The number of carbonyl (C=O) groups is 2. The molecule has 1 aromatic carbocycles. The molecule has 0 saturated heterocycles. The van der Waals surface area contributed by atoms with Gasteiger partial charge in [0.1, 0.15) is 5.75 Å². The summed E-state index contributed by atoms with van der Waals surface area (Å²) in [6.45, 7) is 1.47. The summed E-state index contributed by atoms with van der Waals surface area (Å²) in [4.78, 5) is 25.1. The summed E-state index contributed by atoms with van der Waals surface area (Å²) < 4.78 is 5.14. The standard InChI is InChI=1S/C18H19NO4S/c1-11-8-13(23-10-17(20)21)6-7-14(11)19-18(22)16-9-12-4-2-3-5-15(12)24-16/h6-9H,2-5,10H2,1H3,(H,19,22)(H,20,21). The normalized spacial score (nSPS) is 13.2. The lowest BCUT2D eigenvalue weighted by molar-refractivity contribution is -0.139. The summed E-state index contributed by atoms with van der Waals surface area (Å²) in [6.07, 6.45) is 4.53. The maximum Gasteiger partial charge on any atom is 0.341 e. The average molecular weight is 345 g/mol. The molecule has 2 N–H and O–H groups in total. The molecule has 24 heavy (non-hydrogen) atoms. The van der Waals surface area contributed by atoms with Crippen LogP contribution in [0.5, 0.6) is 5.75 Å². The number of aliphatic carboxylic acids is 1. The van der Waals surface area contributed by atoms with E-state index in [2.05, 4.69) is 5.32 Å². The van der Waals surface area contributed by atoms with Gasteiger partial charge in [-0.1, -0.05) is 0 Å². The van der Waals surface area contributed by atoms with Gasteiger partial charge in [0.2, 0.25) is 0 Å². The van der Waals surface area contributed by atoms with E-state index in [-0.39, 0.29) is 12.5 Å². The second kappa shape index (κ2) is 7.05. The number of fused-ring (bicyclic) bond motifs is 1. The predicted octanol–water partition coefficient (Wildman–Crippen LogP) is 3.65. The maximum absolute atomic E-state index is 12.5. The van der Waals surface area contributed by atoms with Gasteiger partial charge in [0.15, 0.2) is 6.61 Å². The van der Waals surface area contributed by atoms with Gasteiger partial charge in [-0.05, 0) is 68.0 Å². The summed E-state index contributed by atoms with van der Waals surface area (Å²) in [5.41, 5.74) is 2.84. The summed E-state index contributed by atoms with van der Waals surface area (Å²) in [5, 5.41) is 11.6. The van der Waals surface area contributed by atoms with E-state index < -0.39 is 5.97 Å². The van der Waals surface area contributed by atoms with E-state index in [9.17, 15) is 9.59 Å². The Balaban J connectivity index is 1.70. The van der Waals surface area contributed by atoms with Crippen molar-refractivity contribution in [2.45, 2.75) is 32.6 Å². The van der Waals surface area contributed by atoms with Gasteiger partial charge < -0.3 is 15.2 Å². The van der Waals surface area contributed by atoms with E-state index in [0.717, 1.165) is 23.3 Å². The van der Waals surface area contributed by atoms with Crippen LogP contribution in [0, 0.1) is 6.92 Å². The van der Waals surface area contributed by atoms with Gasteiger partial charge in [0.05, 0.1) is 4.88 Å². The second-order valence-electron chi connectivity index (χ2n) is 5.88. The van der Waals surface area contributed by atoms with Crippen molar-refractivity contribution < 1.29 is 19.4 Å². The first kappa shape index (κ1) is 16.5. The molecule has 1 aromatic heterocycles. The number of aryl methyl sites for hydroxylation is 3. The van der Waals surface area contributed by atoms with Gasteiger partial charge in [0, 0.05) is 10.6 Å². The molecule has 0 aliphatic heterocycles. The van der Waals surface area contributed by atoms with Crippen molar-refractivity contribution in [1.29, 1.82) is 0 Å². The molecule has 0 fully saturated rings. The predicted molar refractivity (Wildman–Crippen MR) is 93.2 cm³/mol. The number of carboxylic acid groups (broad SMARTS) is 1. The van der Waals surface area contributed by atoms with Crippen LogP contribution in [0.4, 0.5) is 5.69 Å². The van der Waals surface area contributed by atoms with Crippen molar-refractivity contribution in [2.24, 2.45) is 0 Å². The van der Waals surface area contributed by atoms with E-state index >= 15 is 0 Å². The first-order valence-corrected chi connectivity index (χ1v) is 8.73. The topological polar surface area (TPSA) is 75.6 Å². The third-order valence-electron chi connectivity index (χ3n) is 4.03. The first-order valence-electron chi connectivity index (χ1n) is 7.91. The first-order chi connectivity index (χ1) is 11.5. The zero-order valence-electron chi connectivity index (χ0n) is 13.4. The van der Waals surface area contributed by atoms with Crippen LogP contribution in [-0.2, 0) is 17.6 Å². The number of ether oxygens (including phenoxy) is 1. The lowest BCUT2D eigenvalue weighted by Crippen LogP contribution is -2.12. The van der Waals surface area contributed by atoms with Gasteiger partial charge in [-0.2, -0.15) is 0 Å². The lowest BCUT2D eigenvalue weighted by atomic mass is 9.99. The van der Waals surface area contributed by atoms with Gasteiger partial charge in [0.25, 0.3) is 5.91 Å². The zero-order valence-corrected chi connectivity index (χ0v) is 14.2. The lowest BCUT2D eigenvalue weighted by Gasteiger charge is -2.10. The molecule has 1 aliphatic carbocycles. The molecule has 6 heteroatoms. The van der Waals surface area contributed by atoms with Crippen molar-refractivity contribution in [3.8, 4) is 5.75 Å². The number of rotatable bonds is 5. The number of hydrogen-bond donors (Lipinski definition) is 2. The van der Waals surface area contributed by atoms with Crippen molar-refractivity contribution in [3.63, 3.8) is 0 Å². The molecule has 0 radical (unpaired) electrons. The number of benzene rings is 1. The molecular weight excluding hydrogens is 326 g/mol. The van der Waals surface area contributed by atoms with Gasteiger partial charge in [-0.15, -0.1) is 11.3 Å². The molecule has 0 unspecified atom stereocenters. The van der Waals surface area contributed by atoms with Crippen LogP contribution >= 0.6 is 11.3 Å².